The number of hydrogen-bond acceptors (Lipinski definition) is 3. The topological polar surface area (TPSA) is 58.6 Å². The van der Waals surface area contributed by atoms with Crippen molar-refractivity contribution in [1.82, 2.24) is 10.2 Å². The predicted molar refractivity (Wildman–Crippen MR) is 145 cm³/mol. The van der Waals surface area contributed by atoms with Gasteiger partial charge in [-0.3, -0.25) is 9.59 Å². The fourth-order valence-corrected chi connectivity index (χ4v) is 4.29. The molecule has 3 aromatic carbocycles. The highest BCUT2D eigenvalue weighted by molar-refractivity contribution is 6.36. The molecule has 0 unspecified atom stereocenters. The minimum atomic E-state index is -0.786. The van der Waals surface area contributed by atoms with Crippen LogP contribution in [0.4, 0.5) is 0 Å². The molecule has 0 aromatic heterocycles. The zero-order chi connectivity index (χ0) is 26.1. The van der Waals surface area contributed by atoms with E-state index in [1.807, 2.05) is 75.4 Å². The Bertz CT molecular complexity index is 1150. The molecule has 0 saturated heterocycles. The molecular weight excluding hydrogens is 495 g/mol. The molecule has 36 heavy (non-hydrogen) atoms. The van der Waals surface area contributed by atoms with E-state index in [1.165, 1.54) is 4.90 Å². The number of benzene rings is 3. The number of halogens is 2. The van der Waals surface area contributed by atoms with Crippen molar-refractivity contribution in [2.45, 2.75) is 39.8 Å². The Kier molecular flexibility index (Phi) is 10.2. The van der Waals surface area contributed by atoms with E-state index in [1.54, 1.807) is 18.2 Å². The molecule has 0 aliphatic heterocycles. The molecule has 1 atom stereocenters. The lowest BCUT2D eigenvalue weighted by Crippen LogP contribution is -2.52. The first-order chi connectivity index (χ1) is 17.3. The molecule has 190 valence electrons. The summed E-state index contributed by atoms with van der Waals surface area (Å²) in [7, 11) is 0. The van der Waals surface area contributed by atoms with Gasteiger partial charge in [-0.25, -0.2) is 0 Å². The van der Waals surface area contributed by atoms with Crippen molar-refractivity contribution in [2.24, 2.45) is 5.92 Å². The third-order valence-corrected chi connectivity index (χ3v) is 6.50. The summed E-state index contributed by atoms with van der Waals surface area (Å²) in [4.78, 5) is 28.7. The van der Waals surface area contributed by atoms with Crippen molar-refractivity contribution in [3.05, 3.63) is 99.5 Å². The second-order valence-corrected chi connectivity index (χ2v) is 9.93. The van der Waals surface area contributed by atoms with Gasteiger partial charge in [0.25, 0.3) is 5.91 Å². The highest BCUT2D eigenvalue weighted by Gasteiger charge is 2.31. The van der Waals surface area contributed by atoms with Crippen LogP contribution in [-0.2, 0) is 22.6 Å². The SMILES string of the molecule is Cc1ccccc1OCC(=O)N(Cc1c(Cl)cccc1Cl)[C@@H](Cc1ccccc1)C(=O)NCC(C)C. The summed E-state index contributed by atoms with van der Waals surface area (Å²) in [6.45, 7) is 6.30. The van der Waals surface area contributed by atoms with Gasteiger partial charge in [-0.05, 0) is 42.2 Å². The molecule has 0 saturated carbocycles. The fraction of sp³-hybridized carbons (Fsp3) is 0.310. The largest absolute Gasteiger partial charge is 0.484 e. The Hall–Kier alpha value is -3.02. The second-order valence-electron chi connectivity index (χ2n) is 9.12. The van der Waals surface area contributed by atoms with Gasteiger partial charge < -0.3 is 15.0 Å². The van der Waals surface area contributed by atoms with Crippen molar-refractivity contribution in [1.29, 1.82) is 0 Å². The smallest absolute Gasteiger partial charge is 0.261 e. The molecule has 0 bridgehead atoms. The molecule has 0 fully saturated rings. The number of nitrogens with one attached hydrogen (secondary N) is 1. The molecule has 0 aliphatic rings. The van der Waals surface area contributed by atoms with E-state index in [4.69, 9.17) is 27.9 Å². The first kappa shape index (κ1) is 27.6. The number of rotatable bonds is 11. The van der Waals surface area contributed by atoms with Crippen LogP contribution in [0.25, 0.3) is 0 Å². The maximum Gasteiger partial charge on any atom is 0.261 e. The molecule has 0 aliphatic carbocycles. The van der Waals surface area contributed by atoms with Crippen molar-refractivity contribution in [3.8, 4) is 5.75 Å². The van der Waals surface area contributed by atoms with Gasteiger partial charge in [-0.15, -0.1) is 0 Å². The Morgan fingerprint density at radius 3 is 2.19 bits per heavy atom. The van der Waals surface area contributed by atoms with Crippen LogP contribution in [0.1, 0.15) is 30.5 Å². The van der Waals surface area contributed by atoms with Gasteiger partial charge in [0.2, 0.25) is 5.91 Å². The summed E-state index contributed by atoms with van der Waals surface area (Å²) < 4.78 is 5.87. The van der Waals surface area contributed by atoms with Gasteiger partial charge in [0, 0.05) is 35.1 Å². The number of carbonyl (C=O) groups excluding carboxylic acids is 2. The molecule has 2 amide bonds. The zero-order valence-corrected chi connectivity index (χ0v) is 22.4. The van der Waals surface area contributed by atoms with Crippen molar-refractivity contribution >= 4 is 35.0 Å². The van der Waals surface area contributed by atoms with Crippen molar-refractivity contribution in [3.63, 3.8) is 0 Å². The molecular formula is C29H32Cl2N2O3. The molecule has 7 heteroatoms. The monoisotopic (exact) mass is 526 g/mol. The van der Waals surface area contributed by atoms with Crippen LogP contribution in [-0.4, -0.2) is 35.9 Å². The Labute approximate surface area is 223 Å². The van der Waals surface area contributed by atoms with Gasteiger partial charge in [0.15, 0.2) is 6.61 Å². The van der Waals surface area contributed by atoms with Crippen LogP contribution in [0, 0.1) is 12.8 Å². The molecule has 0 heterocycles. The lowest BCUT2D eigenvalue weighted by molar-refractivity contribution is -0.142. The molecule has 3 aromatic rings. The van der Waals surface area contributed by atoms with Gasteiger partial charge in [-0.1, -0.05) is 91.6 Å². The van der Waals surface area contributed by atoms with E-state index in [0.717, 1.165) is 11.1 Å². The van der Waals surface area contributed by atoms with Gasteiger partial charge in [0.1, 0.15) is 11.8 Å². The predicted octanol–water partition coefficient (Wildman–Crippen LogP) is 6.09. The van der Waals surface area contributed by atoms with Crippen LogP contribution in [0.3, 0.4) is 0 Å². The van der Waals surface area contributed by atoms with E-state index in [-0.39, 0.29) is 30.9 Å². The maximum absolute atomic E-state index is 13.7. The summed E-state index contributed by atoms with van der Waals surface area (Å²) in [5, 5.41) is 3.86. The van der Waals surface area contributed by atoms with E-state index < -0.39 is 6.04 Å². The average molecular weight is 527 g/mol. The lowest BCUT2D eigenvalue weighted by atomic mass is 10.0. The zero-order valence-electron chi connectivity index (χ0n) is 20.8. The number of ether oxygens (including phenoxy) is 1. The van der Waals surface area contributed by atoms with Crippen molar-refractivity contribution in [2.75, 3.05) is 13.2 Å². The first-order valence-electron chi connectivity index (χ1n) is 12.0. The number of aryl methyl sites for hydroxylation is 1. The van der Waals surface area contributed by atoms with Crippen LogP contribution in [0.5, 0.6) is 5.75 Å². The highest BCUT2D eigenvalue weighted by Crippen LogP contribution is 2.27. The Morgan fingerprint density at radius 1 is 0.917 bits per heavy atom. The molecule has 0 spiro atoms. The number of hydrogen-bond donors (Lipinski definition) is 1. The van der Waals surface area contributed by atoms with Crippen LogP contribution in [0.15, 0.2) is 72.8 Å². The minimum absolute atomic E-state index is 0.0705. The summed E-state index contributed by atoms with van der Waals surface area (Å²) in [5.41, 5.74) is 2.44. The average Bonchev–Trinajstić information content (AvgIpc) is 2.86. The molecule has 3 rings (SSSR count). The first-order valence-corrected chi connectivity index (χ1v) is 12.7. The standard InChI is InChI=1S/C29H32Cl2N2O3/c1-20(2)17-32-29(35)26(16-22-11-5-4-6-12-22)33(18-23-24(30)13-9-14-25(23)31)28(34)19-36-27-15-8-7-10-21(27)3/h4-15,20,26H,16-19H2,1-3H3,(H,32,35)/t26-/m0/s1. The number of carbonyl (C=O) groups is 2. The van der Waals surface area contributed by atoms with E-state index >= 15 is 0 Å². The van der Waals surface area contributed by atoms with E-state index in [0.29, 0.717) is 34.3 Å². The minimum Gasteiger partial charge on any atom is -0.484 e. The quantitative estimate of drug-likeness (QED) is 0.328. The third-order valence-electron chi connectivity index (χ3n) is 5.79. The van der Waals surface area contributed by atoms with E-state index in [9.17, 15) is 9.59 Å². The van der Waals surface area contributed by atoms with Gasteiger partial charge in [0.05, 0.1) is 0 Å². The number of amides is 2. The highest BCUT2D eigenvalue weighted by atomic mass is 35.5. The number of para-hydroxylation sites is 1. The second kappa shape index (κ2) is 13.3. The van der Waals surface area contributed by atoms with E-state index in [2.05, 4.69) is 5.32 Å². The summed E-state index contributed by atoms with van der Waals surface area (Å²) in [6, 6.07) is 21.5. The molecule has 1 N–H and O–H groups in total. The van der Waals surface area contributed by atoms with Gasteiger partial charge in [-0.2, -0.15) is 0 Å². The summed E-state index contributed by atoms with van der Waals surface area (Å²) in [6.07, 6.45) is 0.336. The normalized spacial score (nSPS) is 11.7. The lowest BCUT2D eigenvalue weighted by Gasteiger charge is -2.32. The Morgan fingerprint density at radius 2 is 1.56 bits per heavy atom. The fourth-order valence-electron chi connectivity index (χ4n) is 3.77. The van der Waals surface area contributed by atoms with Crippen LogP contribution >= 0.6 is 23.2 Å². The molecule has 5 nitrogen and oxygen atoms in total. The molecule has 0 radical (unpaired) electrons. The summed E-state index contributed by atoms with van der Waals surface area (Å²) in [5.74, 6) is 0.304. The van der Waals surface area contributed by atoms with Crippen LogP contribution in [0.2, 0.25) is 10.0 Å². The summed E-state index contributed by atoms with van der Waals surface area (Å²) >= 11 is 12.9. The van der Waals surface area contributed by atoms with Crippen LogP contribution < -0.4 is 10.1 Å². The third kappa shape index (κ3) is 7.74. The number of nitrogens with zero attached hydrogens (tertiary/aromatic N) is 1. The van der Waals surface area contributed by atoms with Gasteiger partial charge >= 0.3 is 0 Å². The Balaban J connectivity index is 1.96. The van der Waals surface area contributed by atoms with Crippen molar-refractivity contribution < 1.29 is 14.3 Å². The maximum atomic E-state index is 13.7.